The predicted octanol–water partition coefficient (Wildman–Crippen LogP) is 7.22. The van der Waals surface area contributed by atoms with E-state index >= 15 is 0 Å². The minimum absolute atomic E-state index is 0.00318. The Hall–Kier alpha value is -3.34. The number of ether oxygens (including phenoxy) is 2. The lowest BCUT2D eigenvalue weighted by Crippen LogP contribution is -2.27. The van der Waals surface area contributed by atoms with Crippen LogP contribution in [0.25, 0.3) is 6.08 Å². The molecule has 0 bridgehead atoms. The number of halogens is 2. The van der Waals surface area contributed by atoms with Crippen molar-refractivity contribution in [1.82, 2.24) is 4.90 Å². The topological polar surface area (TPSA) is 99.0 Å². The van der Waals surface area contributed by atoms with Crippen LogP contribution >= 0.6 is 39.3 Å². The minimum Gasteiger partial charge on any atom is -0.490 e. The number of thioether (sulfide) groups is 1. The molecule has 0 unspecified atom stereocenters. The van der Waals surface area contributed by atoms with E-state index < -0.39 is 4.92 Å². The van der Waals surface area contributed by atoms with Crippen LogP contribution in [0.15, 0.2) is 70.0 Å². The average molecular weight is 604 g/mol. The van der Waals surface area contributed by atoms with Crippen molar-refractivity contribution in [3.8, 4) is 11.5 Å². The van der Waals surface area contributed by atoms with Crippen LogP contribution < -0.4 is 9.47 Å². The molecule has 0 N–H and O–H groups in total. The van der Waals surface area contributed by atoms with Gasteiger partial charge in [0.15, 0.2) is 11.5 Å². The van der Waals surface area contributed by atoms with E-state index in [4.69, 9.17) is 21.1 Å². The van der Waals surface area contributed by atoms with Gasteiger partial charge in [0.1, 0.15) is 6.61 Å². The van der Waals surface area contributed by atoms with Crippen LogP contribution in [0.3, 0.4) is 0 Å². The molecule has 1 heterocycles. The number of nitro benzene ring substituents is 1. The Morgan fingerprint density at radius 1 is 1.03 bits per heavy atom. The molecule has 8 nitrogen and oxygen atoms in total. The highest BCUT2D eigenvalue weighted by Gasteiger charge is 2.35. The highest BCUT2D eigenvalue weighted by Crippen LogP contribution is 2.39. The number of nitro groups is 1. The van der Waals surface area contributed by atoms with E-state index in [-0.39, 0.29) is 30.0 Å². The quantitative estimate of drug-likeness (QED) is 0.145. The summed E-state index contributed by atoms with van der Waals surface area (Å²) in [6.45, 7) is 2.55. The number of amides is 2. The third kappa shape index (κ3) is 6.51. The lowest BCUT2D eigenvalue weighted by molar-refractivity contribution is -0.384. The smallest absolute Gasteiger partial charge is 0.293 e. The van der Waals surface area contributed by atoms with Gasteiger partial charge >= 0.3 is 0 Å². The first-order valence-electron chi connectivity index (χ1n) is 11.1. The van der Waals surface area contributed by atoms with Crippen molar-refractivity contribution in [1.29, 1.82) is 0 Å². The van der Waals surface area contributed by atoms with Gasteiger partial charge in [-0.3, -0.25) is 24.6 Å². The van der Waals surface area contributed by atoms with Gasteiger partial charge in [-0.1, -0.05) is 39.7 Å². The zero-order valence-electron chi connectivity index (χ0n) is 19.5. The molecular weight excluding hydrogens is 584 g/mol. The van der Waals surface area contributed by atoms with Crippen LogP contribution in [-0.4, -0.2) is 27.6 Å². The van der Waals surface area contributed by atoms with E-state index in [0.717, 1.165) is 22.9 Å². The fourth-order valence-electron chi connectivity index (χ4n) is 3.47. The summed E-state index contributed by atoms with van der Waals surface area (Å²) in [5.41, 5.74) is 2.19. The first-order valence-corrected chi connectivity index (χ1v) is 13.1. The predicted molar refractivity (Wildman–Crippen MR) is 146 cm³/mol. The van der Waals surface area contributed by atoms with Crippen LogP contribution in [0.2, 0.25) is 5.02 Å². The molecule has 3 aromatic rings. The van der Waals surface area contributed by atoms with Crippen molar-refractivity contribution in [2.45, 2.75) is 20.1 Å². The zero-order chi connectivity index (χ0) is 26.5. The molecule has 0 saturated carbocycles. The largest absolute Gasteiger partial charge is 0.490 e. The first kappa shape index (κ1) is 26.7. The molecular formula is C26H20BrClN2O6S. The summed E-state index contributed by atoms with van der Waals surface area (Å²) in [6.07, 6.45) is 1.64. The number of carbonyl (C=O) groups excluding carboxylic acids is 2. The summed E-state index contributed by atoms with van der Waals surface area (Å²) in [4.78, 5) is 37.4. The van der Waals surface area contributed by atoms with Gasteiger partial charge < -0.3 is 9.47 Å². The molecule has 0 radical (unpaired) electrons. The number of imide groups is 1. The van der Waals surface area contributed by atoms with Crippen LogP contribution in [-0.2, 0) is 17.9 Å². The number of hydrogen-bond donors (Lipinski definition) is 0. The Morgan fingerprint density at radius 2 is 1.68 bits per heavy atom. The Morgan fingerprint density at radius 3 is 2.32 bits per heavy atom. The lowest BCUT2D eigenvalue weighted by atomic mass is 10.1. The van der Waals surface area contributed by atoms with Gasteiger partial charge in [-0.15, -0.1) is 0 Å². The van der Waals surface area contributed by atoms with Crippen molar-refractivity contribution in [2.75, 3.05) is 6.61 Å². The molecule has 1 saturated heterocycles. The third-order valence-corrected chi connectivity index (χ3v) is 7.16. The van der Waals surface area contributed by atoms with Gasteiger partial charge in [-0.25, -0.2) is 0 Å². The molecule has 0 aromatic heterocycles. The Kier molecular flexibility index (Phi) is 8.52. The minimum atomic E-state index is -0.458. The van der Waals surface area contributed by atoms with Gasteiger partial charge in [0, 0.05) is 21.6 Å². The van der Waals surface area contributed by atoms with E-state index in [2.05, 4.69) is 15.9 Å². The van der Waals surface area contributed by atoms with Crippen LogP contribution in [0, 0.1) is 10.1 Å². The second kappa shape index (κ2) is 11.8. The Bertz CT molecular complexity index is 1380. The lowest BCUT2D eigenvalue weighted by Gasteiger charge is -2.14. The fourth-order valence-corrected chi connectivity index (χ4v) is 4.86. The standard InChI is InChI=1S/C26H20BrClN2O6S/c1-2-35-22-11-18(21(27)13-23(22)36-15-17-5-9-20(10-6-17)30(33)34)12-24-25(31)29(26(32)37-24)14-16-3-7-19(28)8-4-16/h3-13H,2,14-15H2,1H3/b24-12-. The van der Waals surface area contributed by atoms with Crippen molar-refractivity contribution < 1.29 is 24.0 Å². The maximum absolute atomic E-state index is 13.0. The molecule has 1 fully saturated rings. The summed E-state index contributed by atoms with van der Waals surface area (Å²) in [5, 5.41) is 11.1. The molecule has 0 aliphatic carbocycles. The summed E-state index contributed by atoms with van der Waals surface area (Å²) in [6, 6.07) is 16.5. The van der Waals surface area contributed by atoms with E-state index in [1.54, 1.807) is 54.6 Å². The normalized spacial score (nSPS) is 14.4. The van der Waals surface area contributed by atoms with Crippen LogP contribution in [0.5, 0.6) is 11.5 Å². The van der Waals surface area contributed by atoms with E-state index in [9.17, 15) is 19.7 Å². The van der Waals surface area contributed by atoms with Gasteiger partial charge in [0.05, 0.1) is 23.0 Å². The molecule has 37 heavy (non-hydrogen) atoms. The number of nitrogens with zero attached hydrogens (tertiary/aromatic N) is 2. The van der Waals surface area contributed by atoms with Crippen molar-refractivity contribution in [2.24, 2.45) is 0 Å². The van der Waals surface area contributed by atoms with Crippen molar-refractivity contribution in [3.63, 3.8) is 0 Å². The first-order chi connectivity index (χ1) is 17.7. The number of hydrogen-bond acceptors (Lipinski definition) is 7. The summed E-state index contributed by atoms with van der Waals surface area (Å²) in [7, 11) is 0. The van der Waals surface area contributed by atoms with Crippen molar-refractivity contribution >= 4 is 62.2 Å². The summed E-state index contributed by atoms with van der Waals surface area (Å²) >= 11 is 10.3. The van der Waals surface area contributed by atoms with E-state index in [1.807, 2.05) is 6.92 Å². The monoisotopic (exact) mass is 602 g/mol. The highest BCUT2D eigenvalue weighted by molar-refractivity contribution is 9.10. The molecule has 2 amide bonds. The number of non-ortho nitro benzene ring substituents is 1. The molecule has 0 spiro atoms. The number of carbonyl (C=O) groups is 2. The second-order valence-electron chi connectivity index (χ2n) is 7.86. The Labute approximate surface area is 230 Å². The third-order valence-electron chi connectivity index (χ3n) is 5.32. The molecule has 3 aromatic carbocycles. The molecule has 11 heteroatoms. The molecule has 190 valence electrons. The van der Waals surface area contributed by atoms with E-state index in [1.165, 1.54) is 17.0 Å². The zero-order valence-corrected chi connectivity index (χ0v) is 22.6. The van der Waals surface area contributed by atoms with Gasteiger partial charge in [-0.2, -0.15) is 0 Å². The average Bonchev–Trinajstić information content (AvgIpc) is 3.14. The van der Waals surface area contributed by atoms with Gasteiger partial charge in [0.2, 0.25) is 0 Å². The van der Waals surface area contributed by atoms with Crippen LogP contribution in [0.1, 0.15) is 23.6 Å². The number of benzene rings is 3. The number of rotatable bonds is 9. The van der Waals surface area contributed by atoms with E-state index in [0.29, 0.717) is 38.1 Å². The van der Waals surface area contributed by atoms with Crippen molar-refractivity contribution in [3.05, 3.63) is 102 Å². The molecule has 1 aliphatic rings. The maximum Gasteiger partial charge on any atom is 0.293 e. The highest BCUT2D eigenvalue weighted by atomic mass is 79.9. The molecule has 0 atom stereocenters. The second-order valence-corrected chi connectivity index (χ2v) is 10.1. The fraction of sp³-hybridized carbons (Fsp3) is 0.154. The Balaban J connectivity index is 1.53. The van der Waals surface area contributed by atoms with Gasteiger partial charge in [-0.05, 0) is 77.9 Å². The SMILES string of the molecule is CCOc1cc(/C=C2\SC(=O)N(Cc3ccc(Cl)cc3)C2=O)c(Br)cc1OCc1ccc([N+](=O)[O-])cc1. The molecule has 4 rings (SSSR count). The summed E-state index contributed by atoms with van der Waals surface area (Å²) < 4.78 is 12.3. The van der Waals surface area contributed by atoms with Gasteiger partial charge in [0.25, 0.3) is 16.8 Å². The molecule has 1 aliphatic heterocycles. The maximum atomic E-state index is 13.0. The van der Waals surface area contributed by atoms with Crippen LogP contribution in [0.4, 0.5) is 10.5 Å². The summed E-state index contributed by atoms with van der Waals surface area (Å²) in [5.74, 6) is 0.535.